The maximum Gasteiger partial charge on any atom is 0.341 e. The molecule has 0 radical (unpaired) electrons. The van der Waals surface area contributed by atoms with Crippen LogP contribution in [0.15, 0.2) is 45.6 Å². The minimum atomic E-state index is -1.06. The molecule has 0 atom stereocenters. The predicted octanol–water partition coefficient (Wildman–Crippen LogP) is 2.72. The normalized spacial score (nSPS) is 10.9. The quantitative estimate of drug-likeness (QED) is 0.748. The molecule has 0 aliphatic heterocycles. The van der Waals surface area contributed by atoms with Gasteiger partial charge in [-0.2, -0.15) is 0 Å². The molecule has 106 valence electrons. The fourth-order valence-corrected chi connectivity index (χ4v) is 2.32. The summed E-state index contributed by atoms with van der Waals surface area (Å²) < 4.78 is 10.9. The summed E-state index contributed by atoms with van der Waals surface area (Å²) in [5, 5.41) is 9.65. The Morgan fingerprint density at radius 2 is 2.00 bits per heavy atom. The predicted molar refractivity (Wildman–Crippen MR) is 77.9 cm³/mol. The van der Waals surface area contributed by atoms with Crippen LogP contribution in [0.5, 0.6) is 5.75 Å². The maximum absolute atomic E-state index is 12.5. The van der Waals surface area contributed by atoms with Gasteiger partial charge in [0.15, 0.2) is 6.61 Å². The molecule has 0 saturated carbocycles. The first kappa shape index (κ1) is 13.2. The van der Waals surface area contributed by atoms with Gasteiger partial charge in [0.25, 0.3) is 0 Å². The number of carboxylic acids is 1. The molecular weight excluding hydrogens is 272 g/mol. The van der Waals surface area contributed by atoms with Crippen molar-refractivity contribution in [3.63, 3.8) is 0 Å². The molecule has 0 fully saturated rings. The zero-order chi connectivity index (χ0) is 15.0. The Labute approximate surface area is 119 Å². The standard InChI is InChI=1S/C16H12O5/c1-9-6-10(20-8-14(17)18)7-13-15(9)16(19)11-4-2-3-5-12(11)21-13/h2-7H,8H2,1H3,(H,17,18). The first-order chi connectivity index (χ1) is 10.1. The molecule has 2 aromatic carbocycles. The maximum atomic E-state index is 12.5. The van der Waals surface area contributed by atoms with Crippen molar-refractivity contribution < 1.29 is 19.1 Å². The Kier molecular flexibility index (Phi) is 3.10. The van der Waals surface area contributed by atoms with E-state index in [2.05, 4.69) is 0 Å². The summed E-state index contributed by atoms with van der Waals surface area (Å²) in [6.45, 7) is 1.32. The first-order valence-electron chi connectivity index (χ1n) is 6.37. The molecule has 1 aromatic heterocycles. The second kappa shape index (κ2) is 4.94. The number of fused-ring (bicyclic) bond motifs is 2. The third kappa shape index (κ3) is 2.33. The van der Waals surface area contributed by atoms with Gasteiger partial charge < -0.3 is 14.3 Å². The highest BCUT2D eigenvalue weighted by atomic mass is 16.5. The third-order valence-corrected chi connectivity index (χ3v) is 3.21. The van der Waals surface area contributed by atoms with Gasteiger partial charge in [-0.05, 0) is 30.7 Å². The number of hydrogen-bond donors (Lipinski definition) is 1. The van der Waals surface area contributed by atoms with Gasteiger partial charge in [0.05, 0.1) is 10.8 Å². The molecule has 0 saturated heterocycles. The number of carbonyl (C=O) groups is 1. The smallest absolute Gasteiger partial charge is 0.341 e. The van der Waals surface area contributed by atoms with E-state index in [0.29, 0.717) is 33.3 Å². The fourth-order valence-electron chi connectivity index (χ4n) is 2.32. The SMILES string of the molecule is Cc1cc(OCC(=O)O)cc2oc3ccccc3c(=O)c12. The average Bonchev–Trinajstić information content (AvgIpc) is 2.45. The van der Waals surface area contributed by atoms with Crippen LogP contribution in [0.2, 0.25) is 0 Å². The summed E-state index contributed by atoms with van der Waals surface area (Å²) in [7, 11) is 0. The lowest BCUT2D eigenvalue weighted by Crippen LogP contribution is -2.10. The molecule has 1 heterocycles. The van der Waals surface area contributed by atoms with Crippen molar-refractivity contribution >= 4 is 27.9 Å². The van der Waals surface area contributed by atoms with E-state index >= 15 is 0 Å². The summed E-state index contributed by atoms with van der Waals surface area (Å²) in [6, 6.07) is 10.2. The van der Waals surface area contributed by atoms with Crippen molar-refractivity contribution in [1.29, 1.82) is 0 Å². The molecule has 5 heteroatoms. The van der Waals surface area contributed by atoms with Gasteiger partial charge in [-0.3, -0.25) is 4.79 Å². The zero-order valence-electron chi connectivity index (χ0n) is 11.3. The van der Waals surface area contributed by atoms with Crippen LogP contribution in [-0.4, -0.2) is 17.7 Å². The second-order valence-corrected chi connectivity index (χ2v) is 4.72. The number of benzene rings is 2. The molecular formula is C16H12O5. The summed E-state index contributed by atoms with van der Waals surface area (Å²) in [5.74, 6) is -0.700. The number of aryl methyl sites for hydroxylation is 1. The van der Waals surface area contributed by atoms with Gasteiger partial charge in [0.2, 0.25) is 5.43 Å². The van der Waals surface area contributed by atoms with Crippen molar-refractivity contribution in [2.24, 2.45) is 0 Å². The van der Waals surface area contributed by atoms with Gasteiger partial charge in [-0.25, -0.2) is 4.79 Å². The van der Waals surface area contributed by atoms with Gasteiger partial charge in [-0.1, -0.05) is 12.1 Å². The van der Waals surface area contributed by atoms with E-state index in [1.807, 2.05) is 0 Å². The van der Waals surface area contributed by atoms with E-state index in [-0.39, 0.29) is 5.43 Å². The molecule has 1 N–H and O–H groups in total. The Hall–Kier alpha value is -2.82. The molecule has 3 aromatic rings. The van der Waals surface area contributed by atoms with Crippen LogP contribution in [-0.2, 0) is 4.79 Å². The summed E-state index contributed by atoms with van der Waals surface area (Å²) in [6.07, 6.45) is 0. The molecule has 0 bridgehead atoms. The van der Waals surface area contributed by atoms with Crippen molar-refractivity contribution in [2.75, 3.05) is 6.61 Å². The number of carboxylic acid groups (broad SMARTS) is 1. The van der Waals surface area contributed by atoms with Crippen LogP contribution < -0.4 is 10.2 Å². The van der Waals surface area contributed by atoms with Crippen molar-refractivity contribution in [2.45, 2.75) is 6.92 Å². The second-order valence-electron chi connectivity index (χ2n) is 4.72. The minimum absolute atomic E-state index is 0.103. The monoisotopic (exact) mass is 284 g/mol. The Morgan fingerprint density at radius 3 is 2.76 bits per heavy atom. The highest BCUT2D eigenvalue weighted by molar-refractivity contribution is 5.92. The van der Waals surface area contributed by atoms with Crippen LogP contribution in [0, 0.1) is 6.92 Å². The Bertz CT molecular complexity index is 908. The van der Waals surface area contributed by atoms with Gasteiger partial charge in [0.1, 0.15) is 16.9 Å². The molecule has 5 nitrogen and oxygen atoms in total. The molecule has 0 aliphatic rings. The van der Waals surface area contributed by atoms with E-state index in [1.54, 1.807) is 43.3 Å². The van der Waals surface area contributed by atoms with E-state index in [4.69, 9.17) is 14.3 Å². The van der Waals surface area contributed by atoms with E-state index in [0.717, 1.165) is 0 Å². The summed E-state index contributed by atoms with van der Waals surface area (Å²) >= 11 is 0. The topological polar surface area (TPSA) is 76.7 Å². The van der Waals surface area contributed by atoms with Gasteiger partial charge >= 0.3 is 5.97 Å². The highest BCUT2D eigenvalue weighted by Crippen LogP contribution is 2.26. The number of aliphatic carboxylic acids is 1. The fraction of sp³-hybridized carbons (Fsp3) is 0.125. The van der Waals surface area contributed by atoms with Crippen LogP contribution in [0.25, 0.3) is 21.9 Å². The molecule has 21 heavy (non-hydrogen) atoms. The molecule has 0 aliphatic carbocycles. The highest BCUT2D eigenvalue weighted by Gasteiger charge is 2.12. The lowest BCUT2D eigenvalue weighted by molar-refractivity contribution is -0.139. The largest absolute Gasteiger partial charge is 0.482 e. The van der Waals surface area contributed by atoms with Crippen molar-refractivity contribution in [3.05, 3.63) is 52.2 Å². The first-order valence-corrected chi connectivity index (χ1v) is 6.37. The molecule has 0 amide bonds. The number of hydrogen-bond acceptors (Lipinski definition) is 4. The van der Waals surface area contributed by atoms with Crippen LogP contribution in [0.1, 0.15) is 5.56 Å². The van der Waals surface area contributed by atoms with Gasteiger partial charge in [-0.15, -0.1) is 0 Å². The van der Waals surface area contributed by atoms with Crippen LogP contribution in [0.3, 0.4) is 0 Å². The van der Waals surface area contributed by atoms with E-state index in [1.165, 1.54) is 0 Å². The third-order valence-electron chi connectivity index (χ3n) is 3.21. The van der Waals surface area contributed by atoms with Gasteiger partial charge in [0, 0.05) is 6.07 Å². The van der Waals surface area contributed by atoms with E-state index in [9.17, 15) is 9.59 Å². The molecule has 0 unspecified atom stereocenters. The number of rotatable bonds is 3. The summed E-state index contributed by atoms with van der Waals surface area (Å²) in [5.41, 5.74) is 1.46. The number of ether oxygens (including phenoxy) is 1. The summed E-state index contributed by atoms with van der Waals surface area (Å²) in [4.78, 5) is 23.0. The molecule has 0 spiro atoms. The van der Waals surface area contributed by atoms with Crippen LogP contribution in [0.4, 0.5) is 0 Å². The van der Waals surface area contributed by atoms with Crippen molar-refractivity contribution in [3.8, 4) is 5.75 Å². The Balaban J connectivity index is 2.25. The van der Waals surface area contributed by atoms with Crippen LogP contribution >= 0.6 is 0 Å². The molecule has 3 rings (SSSR count). The van der Waals surface area contributed by atoms with E-state index < -0.39 is 12.6 Å². The zero-order valence-corrected chi connectivity index (χ0v) is 11.3. The Morgan fingerprint density at radius 1 is 1.24 bits per heavy atom. The number of para-hydroxylation sites is 1. The lowest BCUT2D eigenvalue weighted by atomic mass is 10.1. The average molecular weight is 284 g/mol. The lowest BCUT2D eigenvalue weighted by Gasteiger charge is -2.08. The van der Waals surface area contributed by atoms with Crippen molar-refractivity contribution in [1.82, 2.24) is 0 Å². The minimum Gasteiger partial charge on any atom is -0.482 e.